The summed E-state index contributed by atoms with van der Waals surface area (Å²) in [6.45, 7) is 1.97. The van der Waals surface area contributed by atoms with Crippen LogP contribution in [-0.2, 0) is 0 Å². The molecule has 0 unspecified atom stereocenters. The molecule has 1 N–H and O–H groups in total. The molecular weight excluding hydrogens is 366 g/mol. The van der Waals surface area contributed by atoms with Crippen molar-refractivity contribution < 1.29 is 9.84 Å². The van der Waals surface area contributed by atoms with Crippen molar-refractivity contribution in [2.45, 2.75) is 6.92 Å². The third-order valence-electron chi connectivity index (χ3n) is 4.67. The molecule has 0 aliphatic rings. The summed E-state index contributed by atoms with van der Waals surface area (Å²) >= 11 is 0. The van der Waals surface area contributed by atoms with Crippen LogP contribution < -0.4 is 10.3 Å². The first-order valence-corrected chi connectivity index (χ1v) is 9.07. The number of benzene rings is 3. The number of fused-ring (bicyclic) bond motifs is 1. The van der Waals surface area contributed by atoms with Crippen molar-refractivity contribution in [3.05, 3.63) is 88.2 Å². The van der Waals surface area contributed by atoms with E-state index in [0.717, 1.165) is 11.1 Å². The molecule has 144 valence electrons. The van der Waals surface area contributed by atoms with Gasteiger partial charge in [0.25, 0.3) is 5.56 Å². The zero-order valence-electron chi connectivity index (χ0n) is 16.0. The van der Waals surface area contributed by atoms with Crippen molar-refractivity contribution in [2.24, 2.45) is 5.10 Å². The van der Waals surface area contributed by atoms with E-state index in [4.69, 9.17) is 9.72 Å². The van der Waals surface area contributed by atoms with E-state index in [0.29, 0.717) is 28.0 Å². The van der Waals surface area contributed by atoms with Crippen LogP contribution >= 0.6 is 0 Å². The fourth-order valence-electron chi connectivity index (χ4n) is 3.13. The van der Waals surface area contributed by atoms with Crippen molar-refractivity contribution >= 4 is 17.1 Å². The summed E-state index contributed by atoms with van der Waals surface area (Å²) in [6.07, 6.45) is 1.54. The molecule has 6 nitrogen and oxygen atoms in total. The molecule has 0 saturated carbocycles. The van der Waals surface area contributed by atoms with Gasteiger partial charge in [-0.25, -0.2) is 4.98 Å². The van der Waals surface area contributed by atoms with Crippen LogP contribution in [0, 0.1) is 6.92 Å². The molecule has 4 rings (SSSR count). The van der Waals surface area contributed by atoms with Crippen LogP contribution in [0.5, 0.6) is 11.5 Å². The highest BCUT2D eigenvalue weighted by atomic mass is 16.5. The number of hydrogen-bond donors (Lipinski definition) is 1. The number of rotatable bonds is 4. The average Bonchev–Trinajstić information content (AvgIpc) is 2.74. The molecule has 0 atom stereocenters. The molecule has 29 heavy (non-hydrogen) atoms. The van der Waals surface area contributed by atoms with E-state index in [1.807, 2.05) is 43.3 Å². The largest absolute Gasteiger partial charge is 0.504 e. The Hall–Kier alpha value is -3.93. The van der Waals surface area contributed by atoms with E-state index in [9.17, 15) is 9.90 Å². The topological polar surface area (TPSA) is 76.7 Å². The number of methoxy groups -OCH3 is 1. The summed E-state index contributed by atoms with van der Waals surface area (Å²) in [5.74, 6) is 0.834. The minimum absolute atomic E-state index is 0.0368. The van der Waals surface area contributed by atoms with E-state index in [-0.39, 0.29) is 11.3 Å². The van der Waals surface area contributed by atoms with Gasteiger partial charge in [-0.15, -0.1) is 0 Å². The smallest absolute Gasteiger partial charge is 0.282 e. The maximum atomic E-state index is 13.2. The summed E-state index contributed by atoms with van der Waals surface area (Å²) in [6, 6.07) is 19.8. The monoisotopic (exact) mass is 385 g/mol. The number of ether oxygens (including phenoxy) is 1. The first-order valence-electron chi connectivity index (χ1n) is 9.07. The summed E-state index contributed by atoms with van der Waals surface area (Å²) in [5, 5.41) is 14.7. The number of hydrogen-bond acceptors (Lipinski definition) is 5. The predicted octanol–water partition coefficient (Wildman–Crippen LogP) is 3.97. The fraction of sp³-hybridized carbons (Fsp3) is 0.0870. The van der Waals surface area contributed by atoms with Crippen LogP contribution in [0.3, 0.4) is 0 Å². The van der Waals surface area contributed by atoms with Gasteiger partial charge < -0.3 is 9.84 Å². The van der Waals surface area contributed by atoms with Gasteiger partial charge in [-0.05, 0) is 48.4 Å². The van der Waals surface area contributed by atoms with Crippen LogP contribution in [0.2, 0.25) is 0 Å². The lowest BCUT2D eigenvalue weighted by Gasteiger charge is -2.11. The minimum atomic E-state index is -0.254. The van der Waals surface area contributed by atoms with Crippen molar-refractivity contribution in [3.8, 4) is 22.9 Å². The molecule has 4 aromatic rings. The Morgan fingerprint density at radius 3 is 2.62 bits per heavy atom. The van der Waals surface area contributed by atoms with Gasteiger partial charge in [-0.3, -0.25) is 4.79 Å². The summed E-state index contributed by atoms with van der Waals surface area (Å²) < 4.78 is 6.44. The molecule has 0 spiro atoms. The second-order valence-electron chi connectivity index (χ2n) is 6.56. The van der Waals surface area contributed by atoms with Crippen LogP contribution in [-0.4, -0.2) is 28.1 Å². The molecule has 0 aliphatic heterocycles. The Morgan fingerprint density at radius 1 is 1.07 bits per heavy atom. The normalized spacial score (nSPS) is 11.2. The fourth-order valence-corrected chi connectivity index (χ4v) is 3.13. The summed E-state index contributed by atoms with van der Waals surface area (Å²) in [4.78, 5) is 17.9. The average molecular weight is 385 g/mol. The first kappa shape index (κ1) is 18.4. The van der Waals surface area contributed by atoms with Crippen LogP contribution in [0.1, 0.15) is 11.1 Å². The SMILES string of the molecule is COc1cc(/C=N\n2c(-c3ccccc3C)nc3ccccc3c2=O)ccc1O. The van der Waals surface area contributed by atoms with Crippen LogP contribution in [0.25, 0.3) is 22.3 Å². The Bertz CT molecular complexity index is 1290. The lowest BCUT2D eigenvalue weighted by Crippen LogP contribution is -2.20. The Balaban J connectivity index is 1.93. The third-order valence-corrected chi connectivity index (χ3v) is 4.67. The molecule has 6 heteroatoms. The molecule has 0 bridgehead atoms. The lowest BCUT2D eigenvalue weighted by molar-refractivity contribution is 0.373. The number of aromatic nitrogens is 2. The highest BCUT2D eigenvalue weighted by molar-refractivity contribution is 5.83. The van der Waals surface area contributed by atoms with E-state index < -0.39 is 0 Å². The number of phenolic OH excluding ortho intramolecular Hbond substituents is 1. The molecule has 0 aliphatic carbocycles. The van der Waals surface area contributed by atoms with Gasteiger partial charge in [-0.1, -0.05) is 36.4 Å². The predicted molar refractivity (Wildman–Crippen MR) is 114 cm³/mol. The van der Waals surface area contributed by atoms with E-state index in [1.165, 1.54) is 17.9 Å². The second-order valence-corrected chi connectivity index (χ2v) is 6.56. The molecule has 1 aromatic heterocycles. The van der Waals surface area contributed by atoms with Gasteiger partial charge in [0, 0.05) is 5.56 Å². The Labute approximate surface area is 167 Å². The molecule has 0 amide bonds. The molecule has 1 heterocycles. The minimum Gasteiger partial charge on any atom is -0.504 e. The number of para-hydroxylation sites is 1. The van der Waals surface area contributed by atoms with Gasteiger partial charge in [0.1, 0.15) is 0 Å². The molecular formula is C23H19N3O3. The highest BCUT2D eigenvalue weighted by Crippen LogP contribution is 2.26. The maximum Gasteiger partial charge on any atom is 0.282 e. The van der Waals surface area contributed by atoms with Crippen LogP contribution in [0.4, 0.5) is 0 Å². The van der Waals surface area contributed by atoms with E-state index in [2.05, 4.69) is 5.10 Å². The van der Waals surface area contributed by atoms with E-state index >= 15 is 0 Å². The quantitative estimate of drug-likeness (QED) is 0.539. The summed E-state index contributed by atoms with van der Waals surface area (Å²) in [7, 11) is 1.48. The Kier molecular flexibility index (Phi) is 4.83. The van der Waals surface area contributed by atoms with Gasteiger partial charge in [0.2, 0.25) is 0 Å². The zero-order chi connectivity index (χ0) is 20.4. The second kappa shape index (κ2) is 7.59. The molecule has 0 radical (unpaired) electrons. The van der Waals surface area contributed by atoms with Gasteiger partial charge in [-0.2, -0.15) is 9.78 Å². The van der Waals surface area contributed by atoms with Crippen LogP contribution in [0.15, 0.2) is 76.6 Å². The standard InChI is InChI=1S/C23H19N3O3/c1-15-7-3-4-8-17(15)22-25-19-10-6-5-9-18(19)23(28)26(22)24-14-16-11-12-20(27)21(13-16)29-2/h3-14,27H,1-2H3/b24-14-. The number of aromatic hydroxyl groups is 1. The van der Waals surface area contributed by atoms with Gasteiger partial charge in [0.05, 0.1) is 24.2 Å². The number of nitrogens with zero attached hydrogens (tertiary/aromatic N) is 3. The zero-order valence-corrected chi connectivity index (χ0v) is 16.0. The number of phenols is 1. The number of aryl methyl sites for hydroxylation is 1. The molecule has 3 aromatic carbocycles. The first-order chi connectivity index (χ1) is 14.1. The van der Waals surface area contributed by atoms with Crippen molar-refractivity contribution in [2.75, 3.05) is 7.11 Å². The Morgan fingerprint density at radius 2 is 1.83 bits per heavy atom. The molecule has 0 fully saturated rings. The third kappa shape index (κ3) is 3.48. The van der Waals surface area contributed by atoms with Crippen molar-refractivity contribution in [3.63, 3.8) is 0 Å². The molecule has 0 saturated heterocycles. The highest BCUT2D eigenvalue weighted by Gasteiger charge is 2.13. The van der Waals surface area contributed by atoms with Gasteiger partial charge >= 0.3 is 0 Å². The maximum absolute atomic E-state index is 13.2. The van der Waals surface area contributed by atoms with Gasteiger partial charge in [0.15, 0.2) is 17.3 Å². The lowest BCUT2D eigenvalue weighted by atomic mass is 10.1. The van der Waals surface area contributed by atoms with Crippen molar-refractivity contribution in [1.29, 1.82) is 0 Å². The van der Waals surface area contributed by atoms with Crippen molar-refractivity contribution in [1.82, 2.24) is 9.66 Å². The van der Waals surface area contributed by atoms with E-state index in [1.54, 1.807) is 30.5 Å². The summed E-state index contributed by atoms with van der Waals surface area (Å²) in [5.41, 5.74) is 2.86.